The molecule has 1 N–H and O–H groups in total. The molecule has 2 heterocycles. The summed E-state index contributed by atoms with van der Waals surface area (Å²) >= 11 is 0. The van der Waals surface area contributed by atoms with Crippen molar-refractivity contribution in [1.82, 2.24) is 15.1 Å². The van der Waals surface area contributed by atoms with Gasteiger partial charge in [0.2, 0.25) is 11.8 Å². The molecule has 2 aliphatic heterocycles. The van der Waals surface area contributed by atoms with Crippen LogP contribution in [0.1, 0.15) is 67.7 Å². The lowest BCUT2D eigenvalue weighted by atomic mass is 9.95. The average molecular weight is 512 g/mol. The molecule has 0 bridgehead atoms. The highest BCUT2D eigenvalue weighted by molar-refractivity contribution is 6.01. The second kappa shape index (κ2) is 12.4. The summed E-state index contributed by atoms with van der Waals surface area (Å²) in [7, 11) is 0. The van der Waals surface area contributed by atoms with Gasteiger partial charge < -0.3 is 29.3 Å². The molecule has 204 valence electrons. The fraction of sp³-hybridized carbons (Fsp3) is 0.800. The van der Waals surface area contributed by atoms with Gasteiger partial charge in [0.1, 0.15) is 11.6 Å². The maximum absolute atomic E-state index is 13.4. The van der Waals surface area contributed by atoms with Crippen molar-refractivity contribution in [2.24, 2.45) is 11.8 Å². The quantitative estimate of drug-likeness (QED) is 0.282. The molecular weight excluding hydrogens is 470 g/mol. The van der Waals surface area contributed by atoms with Crippen molar-refractivity contribution in [3.8, 4) is 0 Å². The van der Waals surface area contributed by atoms with E-state index in [1.807, 2.05) is 13.8 Å². The Morgan fingerprint density at radius 3 is 2.00 bits per heavy atom. The number of rotatable bonds is 9. The van der Waals surface area contributed by atoms with E-state index >= 15 is 0 Å². The van der Waals surface area contributed by atoms with Gasteiger partial charge in [-0.25, -0.2) is 14.4 Å². The zero-order valence-corrected chi connectivity index (χ0v) is 22.5. The normalized spacial score (nSPS) is 22.5. The first-order chi connectivity index (χ1) is 16.8. The first-order valence-electron chi connectivity index (χ1n) is 12.7. The first-order valence-corrected chi connectivity index (χ1v) is 12.7. The van der Waals surface area contributed by atoms with Crippen LogP contribution in [0.4, 0.5) is 4.79 Å². The highest BCUT2D eigenvalue weighted by atomic mass is 16.6. The number of ether oxygens (including phenoxy) is 3. The predicted molar refractivity (Wildman–Crippen MR) is 130 cm³/mol. The molecule has 0 aromatic heterocycles. The number of carbonyl (C=O) groups is 5. The lowest BCUT2D eigenvalue weighted by Crippen LogP contribution is -2.53. The van der Waals surface area contributed by atoms with Crippen LogP contribution in [0.15, 0.2) is 0 Å². The lowest BCUT2D eigenvalue weighted by molar-refractivity contribution is -0.147. The number of esters is 2. The third-order valence-electron chi connectivity index (χ3n) is 5.90. The maximum atomic E-state index is 13.4. The Hall–Kier alpha value is -2.85. The SMILES string of the molecule is CCOC(=O)[C@@H]1[C@@H](C(=O)OCC)N1C(=O)[C@@H]1CCCN(C(=O)[C@H](CC(C)C)NC(=O)OC(C)(C)C)C1. The predicted octanol–water partition coefficient (Wildman–Crippen LogP) is 1.87. The number of hydrogen-bond donors (Lipinski definition) is 1. The minimum Gasteiger partial charge on any atom is -0.464 e. The van der Waals surface area contributed by atoms with Gasteiger partial charge in [-0.05, 0) is 59.8 Å². The monoisotopic (exact) mass is 511 g/mol. The molecule has 11 heteroatoms. The Morgan fingerprint density at radius 2 is 1.53 bits per heavy atom. The van der Waals surface area contributed by atoms with Gasteiger partial charge in [0, 0.05) is 13.1 Å². The molecule has 0 aromatic carbocycles. The minimum atomic E-state index is -1.01. The van der Waals surface area contributed by atoms with Crippen LogP contribution in [0, 0.1) is 11.8 Å². The summed E-state index contributed by atoms with van der Waals surface area (Å²) in [5.41, 5.74) is -0.707. The molecule has 2 fully saturated rings. The molecule has 0 spiro atoms. The van der Waals surface area contributed by atoms with Crippen LogP contribution in [-0.2, 0) is 33.4 Å². The van der Waals surface area contributed by atoms with Crippen LogP contribution in [0.5, 0.6) is 0 Å². The number of amides is 3. The summed E-state index contributed by atoms with van der Waals surface area (Å²) in [4.78, 5) is 66.6. The molecule has 2 aliphatic rings. The molecule has 0 aromatic rings. The van der Waals surface area contributed by atoms with Crippen LogP contribution in [0.2, 0.25) is 0 Å². The summed E-state index contributed by atoms with van der Waals surface area (Å²) < 4.78 is 15.4. The lowest BCUT2D eigenvalue weighted by Gasteiger charge is -2.35. The molecule has 0 saturated carbocycles. The van der Waals surface area contributed by atoms with Crippen molar-refractivity contribution in [3.05, 3.63) is 0 Å². The molecule has 11 nitrogen and oxygen atoms in total. The van der Waals surface area contributed by atoms with E-state index in [2.05, 4.69) is 5.32 Å². The van der Waals surface area contributed by atoms with Gasteiger partial charge in [-0.15, -0.1) is 0 Å². The van der Waals surface area contributed by atoms with Gasteiger partial charge >= 0.3 is 18.0 Å². The average Bonchev–Trinajstić information content (AvgIpc) is 3.52. The smallest absolute Gasteiger partial charge is 0.408 e. The van der Waals surface area contributed by atoms with Crippen molar-refractivity contribution in [2.45, 2.75) is 91.5 Å². The van der Waals surface area contributed by atoms with Crippen LogP contribution in [-0.4, -0.2) is 89.7 Å². The topological polar surface area (TPSA) is 131 Å². The molecule has 0 unspecified atom stereocenters. The van der Waals surface area contributed by atoms with E-state index in [4.69, 9.17) is 14.2 Å². The Morgan fingerprint density at radius 1 is 0.972 bits per heavy atom. The van der Waals surface area contributed by atoms with Gasteiger partial charge in [-0.1, -0.05) is 13.8 Å². The molecule has 0 aliphatic carbocycles. The number of nitrogens with one attached hydrogen (secondary N) is 1. The number of hydrogen-bond acceptors (Lipinski definition) is 8. The zero-order chi connectivity index (χ0) is 27.2. The van der Waals surface area contributed by atoms with Gasteiger partial charge in [0.05, 0.1) is 19.1 Å². The highest BCUT2D eigenvalue weighted by Crippen LogP contribution is 2.35. The fourth-order valence-corrected chi connectivity index (χ4v) is 4.40. The van der Waals surface area contributed by atoms with Gasteiger partial charge in [0.15, 0.2) is 12.1 Å². The molecular formula is C25H41N3O8. The number of piperidine rings is 1. The van der Waals surface area contributed by atoms with E-state index in [0.717, 1.165) is 0 Å². The Balaban J connectivity index is 2.12. The van der Waals surface area contributed by atoms with E-state index in [9.17, 15) is 24.0 Å². The first kappa shape index (κ1) is 29.4. The molecule has 2 saturated heterocycles. The summed E-state index contributed by atoms with van der Waals surface area (Å²) in [5.74, 6) is -2.42. The van der Waals surface area contributed by atoms with E-state index < -0.39 is 47.7 Å². The van der Waals surface area contributed by atoms with Gasteiger partial charge in [0.25, 0.3) is 0 Å². The number of alkyl carbamates (subject to hydrolysis) is 1. The van der Waals surface area contributed by atoms with Crippen molar-refractivity contribution >= 4 is 29.8 Å². The molecule has 36 heavy (non-hydrogen) atoms. The molecule has 3 amide bonds. The van der Waals surface area contributed by atoms with Crippen LogP contribution >= 0.6 is 0 Å². The van der Waals surface area contributed by atoms with Crippen molar-refractivity contribution in [1.29, 1.82) is 0 Å². The minimum absolute atomic E-state index is 0.126. The summed E-state index contributed by atoms with van der Waals surface area (Å²) in [6, 6.07) is -2.82. The van der Waals surface area contributed by atoms with Gasteiger partial charge in [-0.2, -0.15) is 0 Å². The van der Waals surface area contributed by atoms with E-state index in [1.165, 1.54) is 4.90 Å². The second-order valence-corrected chi connectivity index (χ2v) is 10.6. The second-order valence-electron chi connectivity index (χ2n) is 10.6. The molecule has 2 rings (SSSR count). The standard InChI is InChI=1S/C25H41N3O8/c1-8-34-22(31)18-19(23(32)35-9-2)28(18)20(29)16-11-10-12-27(14-16)21(30)17(13-15(3)4)26-24(33)36-25(5,6)7/h15-19H,8-14H2,1-7H3,(H,26,33)/t16-,17+,18+,19+/m1/s1. The highest BCUT2D eigenvalue weighted by Gasteiger charge is 2.62. The Bertz CT molecular complexity index is 814. The third kappa shape index (κ3) is 7.83. The van der Waals surface area contributed by atoms with Crippen molar-refractivity contribution < 1.29 is 38.2 Å². The Labute approximate surface area is 213 Å². The van der Waals surface area contributed by atoms with E-state index in [1.54, 1.807) is 39.5 Å². The van der Waals surface area contributed by atoms with Crippen LogP contribution in [0.25, 0.3) is 0 Å². The van der Waals surface area contributed by atoms with Crippen molar-refractivity contribution in [3.63, 3.8) is 0 Å². The number of carbonyl (C=O) groups excluding carboxylic acids is 5. The maximum Gasteiger partial charge on any atom is 0.408 e. The molecule has 0 radical (unpaired) electrons. The Kier molecular flexibility index (Phi) is 10.1. The number of nitrogens with zero attached hydrogens (tertiary/aromatic N) is 2. The van der Waals surface area contributed by atoms with Crippen molar-refractivity contribution in [2.75, 3.05) is 26.3 Å². The number of likely N-dealkylation sites (tertiary alicyclic amines) is 1. The summed E-state index contributed by atoms with van der Waals surface area (Å²) in [6.45, 7) is 13.2. The van der Waals surface area contributed by atoms with Crippen LogP contribution < -0.4 is 5.32 Å². The van der Waals surface area contributed by atoms with Crippen LogP contribution in [0.3, 0.4) is 0 Å². The van der Waals surface area contributed by atoms with E-state index in [0.29, 0.717) is 25.8 Å². The fourth-order valence-electron chi connectivity index (χ4n) is 4.40. The summed E-state index contributed by atoms with van der Waals surface area (Å²) in [5, 5.41) is 2.68. The summed E-state index contributed by atoms with van der Waals surface area (Å²) in [6.07, 6.45) is 0.823. The van der Waals surface area contributed by atoms with Gasteiger partial charge in [-0.3, -0.25) is 9.59 Å². The third-order valence-corrected chi connectivity index (χ3v) is 5.90. The largest absolute Gasteiger partial charge is 0.464 e. The molecule has 4 atom stereocenters. The van der Waals surface area contributed by atoms with E-state index in [-0.39, 0.29) is 37.5 Å². The zero-order valence-electron chi connectivity index (χ0n) is 22.5.